The summed E-state index contributed by atoms with van der Waals surface area (Å²) in [4.78, 5) is 19.2. The van der Waals surface area contributed by atoms with Crippen molar-refractivity contribution >= 4 is 28.1 Å². The van der Waals surface area contributed by atoms with Gasteiger partial charge >= 0.3 is 0 Å². The van der Waals surface area contributed by atoms with E-state index < -0.39 is 0 Å². The molecule has 0 saturated heterocycles. The number of amides is 1. The highest BCUT2D eigenvalue weighted by Gasteiger charge is 2.20. The van der Waals surface area contributed by atoms with Crippen LogP contribution in [0.1, 0.15) is 17.7 Å². The van der Waals surface area contributed by atoms with Gasteiger partial charge in [0.25, 0.3) is 0 Å². The standard InChI is InChI=1S/C21H22N2O3S/c1-15-14-27-21(22-15)23(17-7-5-4-6-8-17)20(24)12-10-16-9-11-18(25-2)19(13-16)26-3/h4-9,11,13-14H,10,12H2,1-3H3. The molecule has 3 aromatic rings. The van der Waals surface area contributed by atoms with Crippen LogP contribution in [0.3, 0.4) is 0 Å². The van der Waals surface area contributed by atoms with E-state index in [0.717, 1.165) is 16.9 Å². The van der Waals surface area contributed by atoms with Crippen molar-refractivity contribution in [1.82, 2.24) is 4.98 Å². The lowest BCUT2D eigenvalue weighted by atomic mass is 10.1. The summed E-state index contributed by atoms with van der Waals surface area (Å²) >= 11 is 1.47. The van der Waals surface area contributed by atoms with E-state index in [4.69, 9.17) is 9.47 Å². The maximum Gasteiger partial charge on any atom is 0.233 e. The molecule has 1 heterocycles. The molecule has 5 nitrogen and oxygen atoms in total. The summed E-state index contributed by atoms with van der Waals surface area (Å²) in [6, 6.07) is 15.3. The van der Waals surface area contributed by atoms with Crippen molar-refractivity contribution in [2.45, 2.75) is 19.8 Å². The molecule has 2 aromatic carbocycles. The topological polar surface area (TPSA) is 51.7 Å². The van der Waals surface area contributed by atoms with Gasteiger partial charge in [-0.2, -0.15) is 0 Å². The van der Waals surface area contributed by atoms with Crippen LogP contribution in [-0.2, 0) is 11.2 Å². The Bertz CT molecular complexity index is 909. The zero-order valence-electron chi connectivity index (χ0n) is 15.6. The Morgan fingerprint density at radius 2 is 1.81 bits per heavy atom. The number of hydrogen-bond donors (Lipinski definition) is 0. The molecule has 0 aliphatic carbocycles. The molecule has 6 heteroatoms. The summed E-state index contributed by atoms with van der Waals surface area (Å²) in [5.74, 6) is 1.35. The van der Waals surface area contributed by atoms with Gasteiger partial charge in [-0.05, 0) is 43.2 Å². The van der Waals surface area contributed by atoms with E-state index in [1.54, 1.807) is 19.1 Å². The fourth-order valence-electron chi connectivity index (χ4n) is 2.78. The Hall–Kier alpha value is -2.86. The molecular formula is C21H22N2O3S. The molecule has 0 bridgehead atoms. The molecule has 0 aliphatic rings. The second-order valence-electron chi connectivity index (χ2n) is 6.03. The molecule has 0 fully saturated rings. The first-order chi connectivity index (χ1) is 13.1. The highest BCUT2D eigenvalue weighted by Crippen LogP contribution is 2.31. The van der Waals surface area contributed by atoms with Crippen LogP contribution in [0, 0.1) is 6.92 Å². The molecule has 140 valence electrons. The number of ether oxygens (including phenoxy) is 2. The molecule has 0 aliphatic heterocycles. The molecule has 3 rings (SSSR count). The van der Waals surface area contributed by atoms with E-state index in [1.165, 1.54) is 11.3 Å². The Labute approximate surface area is 163 Å². The van der Waals surface area contributed by atoms with Gasteiger partial charge in [0.15, 0.2) is 16.6 Å². The average Bonchev–Trinajstić information content (AvgIpc) is 3.12. The van der Waals surface area contributed by atoms with Gasteiger partial charge in [-0.3, -0.25) is 9.69 Å². The van der Waals surface area contributed by atoms with Crippen molar-refractivity contribution < 1.29 is 14.3 Å². The highest BCUT2D eigenvalue weighted by atomic mass is 32.1. The number of carbonyl (C=O) groups is 1. The Morgan fingerprint density at radius 1 is 1.07 bits per heavy atom. The van der Waals surface area contributed by atoms with Crippen LogP contribution in [0.2, 0.25) is 0 Å². The number of benzene rings is 2. The summed E-state index contributed by atoms with van der Waals surface area (Å²) in [5, 5.41) is 2.64. The van der Waals surface area contributed by atoms with Gasteiger partial charge in [-0.15, -0.1) is 11.3 Å². The van der Waals surface area contributed by atoms with Crippen LogP contribution in [-0.4, -0.2) is 25.1 Å². The maximum atomic E-state index is 13.0. The molecule has 0 radical (unpaired) electrons. The first-order valence-corrected chi connectivity index (χ1v) is 9.51. The third-order valence-corrected chi connectivity index (χ3v) is 5.08. The summed E-state index contributed by atoms with van der Waals surface area (Å²) in [7, 11) is 3.21. The van der Waals surface area contributed by atoms with Crippen LogP contribution < -0.4 is 14.4 Å². The molecule has 0 N–H and O–H groups in total. The van der Waals surface area contributed by atoms with E-state index in [9.17, 15) is 4.79 Å². The normalized spacial score (nSPS) is 10.5. The quantitative estimate of drug-likeness (QED) is 0.591. The largest absolute Gasteiger partial charge is 0.493 e. The minimum Gasteiger partial charge on any atom is -0.493 e. The van der Waals surface area contributed by atoms with Gasteiger partial charge in [0.2, 0.25) is 5.91 Å². The second kappa shape index (κ2) is 8.68. The van der Waals surface area contributed by atoms with Crippen LogP contribution in [0.4, 0.5) is 10.8 Å². The lowest BCUT2D eigenvalue weighted by Crippen LogP contribution is -2.26. The van der Waals surface area contributed by atoms with Gasteiger partial charge in [0.05, 0.1) is 25.6 Å². The van der Waals surface area contributed by atoms with E-state index >= 15 is 0 Å². The zero-order valence-corrected chi connectivity index (χ0v) is 16.5. The summed E-state index contributed by atoms with van der Waals surface area (Å²) in [6.45, 7) is 1.93. The number of anilines is 2. The number of hydrogen-bond acceptors (Lipinski definition) is 5. The van der Waals surface area contributed by atoms with Crippen molar-refractivity contribution in [3.05, 3.63) is 65.2 Å². The smallest absolute Gasteiger partial charge is 0.233 e. The molecular weight excluding hydrogens is 360 g/mol. The number of thiazole rings is 1. The van der Waals surface area contributed by atoms with E-state index in [-0.39, 0.29) is 5.91 Å². The number of nitrogens with zero attached hydrogens (tertiary/aromatic N) is 2. The summed E-state index contributed by atoms with van der Waals surface area (Å²) in [6.07, 6.45) is 0.968. The molecule has 1 aromatic heterocycles. The molecule has 0 atom stereocenters. The van der Waals surface area contributed by atoms with Crippen molar-refractivity contribution in [2.75, 3.05) is 19.1 Å². The van der Waals surface area contributed by atoms with Crippen LogP contribution in [0.15, 0.2) is 53.9 Å². The predicted octanol–water partition coefficient (Wildman–Crippen LogP) is 4.77. The van der Waals surface area contributed by atoms with E-state index in [0.29, 0.717) is 29.5 Å². The van der Waals surface area contributed by atoms with Crippen LogP contribution in [0.25, 0.3) is 0 Å². The van der Waals surface area contributed by atoms with E-state index in [2.05, 4.69) is 4.98 Å². The summed E-state index contributed by atoms with van der Waals surface area (Å²) in [5.41, 5.74) is 2.75. The van der Waals surface area contributed by atoms with E-state index in [1.807, 2.05) is 60.8 Å². The van der Waals surface area contributed by atoms with Crippen molar-refractivity contribution in [3.63, 3.8) is 0 Å². The van der Waals surface area contributed by atoms with Crippen LogP contribution >= 0.6 is 11.3 Å². The second-order valence-corrected chi connectivity index (χ2v) is 6.86. The first-order valence-electron chi connectivity index (χ1n) is 8.63. The van der Waals surface area contributed by atoms with Gasteiger partial charge in [0.1, 0.15) is 0 Å². The minimum absolute atomic E-state index is 0.00494. The third-order valence-electron chi connectivity index (χ3n) is 4.14. The SMILES string of the molecule is COc1ccc(CCC(=O)N(c2ccccc2)c2nc(C)cs2)cc1OC. The van der Waals surface area contributed by atoms with Crippen molar-refractivity contribution in [3.8, 4) is 11.5 Å². The monoisotopic (exact) mass is 382 g/mol. The predicted molar refractivity (Wildman–Crippen MR) is 108 cm³/mol. The molecule has 27 heavy (non-hydrogen) atoms. The fourth-order valence-corrected chi connectivity index (χ4v) is 3.62. The van der Waals surface area contributed by atoms with Gasteiger partial charge in [-0.25, -0.2) is 4.98 Å². The molecule has 1 amide bonds. The number of carbonyl (C=O) groups excluding carboxylic acids is 1. The fraction of sp³-hybridized carbons (Fsp3) is 0.238. The van der Waals surface area contributed by atoms with Gasteiger partial charge in [-0.1, -0.05) is 24.3 Å². The Morgan fingerprint density at radius 3 is 2.44 bits per heavy atom. The Balaban J connectivity index is 1.79. The lowest BCUT2D eigenvalue weighted by molar-refractivity contribution is -0.117. The first kappa shape index (κ1) is 18.9. The number of rotatable bonds is 7. The average molecular weight is 382 g/mol. The highest BCUT2D eigenvalue weighted by molar-refractivity contribution is 7.14. The van der Waals surface area contributed by atoms with Crippen LogP contribution in [0.5, 0.6) is 11.5 Å². The number of aromatic nitrogens is 1. The Kier molecular flexibility index (Phi) is 6.08. The lowest BCUT2D eigenvalue weighted by Gasteiger charge is -2.20. The number of para-hydroxylation sites is 1. The molecule has 0 spiro atoms. The zero-order chi connectivity index (χ0) is 19.2. The summed E-state index contributed by atoms with van der Waals surface area (Å²) < 4.78 is 10.6. The maximum absolute atomic E-state index is 13.0. The van der Waals surface area contributed by atoms with Crippen molar-refractivity contribution in [1.29, 1.82) is 0 Å². The number of methoxy groups -OCH3 is 2. The third kappa shape index (κ3) is 4.46. The molecule has 0 saturated carbocycles. The van der Waals surface area contributed by atoms with Gasteiger partial charge < -0.3 is 9.47 Å². The minimum atomic E-state index is 0.00494. The van der Waals surface area contributed by atoms with Crippen molar-refractivity contribution in [2.24, 2.45) is 0 Å². The molecule has 0 unspecified atom stereocenters. The van der Waals surface area contributed by atoms with Gasteiger partial charge in [0, 0.05) is 11.8 Å². The number of aryl methyl sites for hydroxylation is 2.